The summed E-state index contributed by atoms with van der Waals surface area (Å²) in [5.41, 5.74) is 4.58. The highest BCUT2D eigenvalue weighted by molar-refractivity contribution is 5.88. The predicted octanol–water partition coefficient (Wildman–Crippen LogP) is 8.61. The Labute approximate surface area is 180 Å². The maximum absolute atomic E-state index is 14.9. The average Bonchev–Trinajstić information content (AvgIpc) is 2.81. The second-order valence-electron chi connectivity index (χ2n) is 8.55. The molecule has 0 unspecified atom stereocenters. The van der Waals surface area contributed by atoms with Crippen LogP contribution in [0.4, 0.5) is 4.39 Å². The minimum atomic E-state index is -0.0750. The topological polar surface area (TPSA) is 0 Å². The van der Waals surface area contributed by atoms with Crippen molar-refractivity contribution in [2.24, 2.45) is 5.92 Å². The van der Waals surface area contributed by atoms with E-state index in [-0.39, 0.29) is 5.82 Å². The smallest absolute Gasteiger partial charge is 0.134 e. The Balaban J connectivity index is 1.53. The summed E-state index contributed by atoms with van der Waals surface area (Å²) >= 11 is 0. The minimum absolute atomic E-state index is 0.0750. The van der Waals surface area contributed by atoms with E-state index >= 15 is 0 Å². The van der Waals surface area contributed by atoms with E-state index < -0.39 is 0 Å². The first-order valence-electron chi connectivity index (χ1n) is 11.2. The normalized spacial score (nSPS) is 19.4. The molecule has 4 rings (SSSR count). The Morgan fingerprint density at radius 1 is 0.933 bits per heavy atom. The summed E-state index contributed by atoms with van der Waals surface area (Å²) in [4.78, 5) is 0. The highest BCUT2D eigenvalue weighted by Crippen LogP contribution is 2.37. The Kier molecular flexibility index (Phi) is 6.47. The molecule has 0 N–H and O–H groups in total. The van der Waals surface area contributed by atoms with Crippen LogP contribution in [0, 0.1) is 11.7 Å². The van der Waals surface area contributed by atoms with Crippen molar-refractivity contribution in [3.63, 3.8) is 0 Å². The van der Waals surface area contributed by atoms with Crippen LogP contribution in [0.15, 0.2) is 79.4 Å². The summed E-state index contributed by atoms with van der Waals surface area (Å²) in [6, 6.07) is 19.1. The largest absolute Gasteiger partial charge is 0.206 e. The highest BCUT2D eigenvalue weighted by atomic mass is 19.1. The number of halogens is 1. The van der Waals surface area contributed by atoms with Crippen molar-refractivity contribution in [2.75, 3.05) is 0 Å². The highest BCUT2D eigenvalue weighted by Gasteiger charge is 2.20. The molecule has 154 valence electrons. The van der Waals surface area contributed by atoms with Gasteiger partial charge in [0.25, 0.3) is 0 Å². The SMILES string of the molecule is C=CC1CCC(c2ccc(-c3ccc4c(F)c(CC/C=C/C)ccc4c3)cc2)CC1. The molecular formula is C29H31F. The molecule has 0 atom stereocenters. The fourth-order valence-electron chi connectivity index (χ4n) is 4.75. The van der Waals surface area contributed by atoms with Gasteiger partial charge in [-0.1, -0.05) is 66.8 Å². The number of allylic oxidation sites excluding steroid dienone is 3. The van der Waals surface area contributed by atoms with Crippen molar-refractivity contribution < 1.29 is 4.39 Å². The van der Waals surface area contributed by atoms with Crippen LogP contribution in [0.2, 0.25) is 0 Å². The van der Waals surface area contributed by atoms with Gasteiger partial charge in [0.05, 0.1) is 0 Å². The zero-order chi connectivity index (χ0) is 20.9. The van der Waals surface area contributed by atoms with Gasteiger partial charge >= 0.3 is 0 Å². The van der Waals surface area contributed by atoms with Crippen LogP contribution < -0.4 is 0 Å². The summed E-state index contributed by atoms with van der Waals surface area (Å²) in [6.45, 7) is 5.95. The molecular weight excluding hydrogens is 367 g/mol. The monoisotopic (exact) mass is 398 g/mol. The van der Waals surface area contributed by atoms with Gasteiger partial charge in [-0.25, -0.2) is 4.39 Å². The number of rotatable bonds is 6. The molecule has 0 bridgehead atoms. The Morgan fingerprint density at radius 3 is 2.37 bits per heavy atom. The molecule has 0 nitrogen and oxygen atoms in total. The van der Waals surface area contributed by atoms with Gasteiger partial charge in [-0.2, -0.15) is 0 Å². The van der Waals surface area contributed by atoms with Crippen molar-refractivity contribution >= 4 is 10.8 Å². The summed E-state index contributed by atoms with van der Waals surface area (Å²) in [7, 11) is 0. The quantitative estimate of drug-likeness (QED) is 0.365. The minimum Gasteiger partial charge on any atom is -0.206 e. The third-order valence-corrected chi connectivity index (χ3v) is 6.67. The van der Waals surface area contributed by atoms with Gasteiger partial charge in [0.1, 0.15) is 5.82 Å². The lowest BCUT2D eigenvalue weighted by molar-refractivity contribution is 0.376. The van der Waals surface area contributed by atoms with Gasteiger partial charge in [-0.15, -0.1) is 6.58 Å². The second-order valence-corrected chi connectivity index (χ2v) is 8.55. The van der Waals surface area contributed by atoms with E-state index in [0.717, 1.165) is 29.4 Å². The molecule has 0 aromatic heterocycles. The predicted molar refractivity (Wildman–Crippen MR) is 127 cm³/mol. The average molecular weight is 399 g/mol. The molecule has 3 aromatic rings. The van der Waals surface area contributed by atoms with Crippen LogP contribution in [0.25, 0.3) is 21.9 Å². The summed E-state index contributed by atoms with van der Waals surface area (Å²) in [5.74, 6) is 1.29. The van der Waals surface area contributed by atoms with Crippen molar-refractivity contribution in [1.82, 2.24) is 0 Å². The van der Waals surface area contributed by atoms with Crippen LogP contribution in [0.1, 0.15) is 56.1 Å². The van der Waals surface area contributed by atoms with Crippen molar-refractivity contribution in [3.05, 3.63) is 96.3 Å². The van der Waals surface area contributed by atoms with E-state index in [1.165, 1.54) is 36.8 Å². The molecule has 0 heterocycles. The maximum atomic E-state index is 14.9. The molecule has 3 aromatic carbocycles. The first-order valence-corrected chi connectivity index (χ1v) is 11.2. The van der Waals surface area contributed by atoms with Gasteiger partial charge in [0.15, 0.2) is 0 Å². The Morgan fingerprint density at radius 2 is 1.67 bits per heavy atom. The number of hydrogen-bond donors (Lipinski definition) is 0. The number of benzene rings is 3. The lowest BCUT2D eigenvalue weighted by Crippen LogP contribution is -2.11. The van der Waals surface area contributed by atoms with E-state index in [0.29, 0.717) is 17.2 Å². The molecule has 30 heavy (non-hydrogen) atoms. The lowest BCUT2D eigenvalue weighted by Gasteiger charge is -2.27. The number of hydrogen-bond acceptors (Lipinski definition) is 0. The van der Waals surface area contributed by atoms with Gasteiger partial charge < -0.3 is 0 Å². The standard InChI is InChI=1S/C29H31F/c1-3-5-6-7-25-16-17-27-20-26(18-19-28(27)29(25)30)24-14-12-23(13-15-24)22-10-8-21(4-2)9-11-22/h3-5,12-22H,2,6-11H2,1H3/b5-3+. The summed E-state index contributed by atoms with van der Waals surface area (Å²) in [5, 5.41) is 1.68. The fraction of sp³-hybridized carbons (Fsp3) is 0.310. The summed E-state index contributed by atoms with van der Waals surface area (Å²) < 4.78 is 14.9. The van der Waals surface area contributed by atoms with E-state index in [1.807, 2.05) is 31.2 Å². The maximum Gasteiger partial charge on any atom is 0.134 e. The first-order chi connectivity index (χ1) is 14.7. The molecule has 1 saturated carbocycles. The third kappa shape index (κ3) is 4.41. The second kappa shape index (κ2) is 9.43. The first kappa shape index (κ1) is 20.6. The number of aryl methyl sites for hydroxylation is 1. The zero-order valence-corrected chi connectivity index (χ0v) is 17.9. The zero-order valence-electron chi connectivity index (χ0n) is 17.9. The molecule has 0 aliphatic heterocycles. The third-order valence-electron chi connectivity index (χ3n) is 6.67. The van der Waals surface area contributed by atoms with Crippen LogP contribution >= 0.6 is 0 Å². The van der Waals surface area contributed by atoms with Crippen molar-refractivity contribution in [3.8, 4) is 11.1 Å². The van der Waals surface area contributed by atoms with Crippen LogP contribution in [0.3, 0.4) is 0 Å². The Bertz CT molecular complexity index is 1030. The molecule has 0 amide bonds. The molecule has 1 aliphatic rings. The van der Waals surface area contributed by atoms with E-state index in [4.69, 9.17) is 0 Å². The van der Waals surface area contributed by atoms with Gasteiger partial charge in [0.2, 0.25) is 0 Å². The van der Waals surface area contributed by atoms with Gasteiger partial charge in [-0.3, -0.25) is 0 Å². The molecule has 0 saturated heterocycles. The number of fused-ring (bicyclic) bond motifs is 1. The van der Waals surface area contributed by atoms with E-state index in [1.54, 1.807) is 0 Å². The van der Waals surface area contributed by atoms with Crippen LogP contribution in [-0.2, 0) is 6.42 Å². The van der Waals surface area contributed by atoms with Crippen molar-refractivity contribution in [1.29, 1.82) is 0 Å². The molecule has 0 spiro atoms. The van der Waals surface area contributed by atoms with Crippen molar-refractivity contribution in [2.45, 2.75) is 51.4 Å². The van der Waals surface area contributed by atoms with Crippen LogP contribution in [0.5, 0.6) is 0 Å². The fourth-order valence-corrected chi connectivity index (χ4v) is 4.75. The van der Waals surface area contributed by atoms with Crippen LogP contribution in [-0.4, -0.2) is 0 Å². The molecule has 1 aliphatic carbocycles. The Hall–Kier alpha value is -2.67. The molecule has 0 radical (unpaired) electrons. The van der Waals surface area contributed by atoms with Gasteiger partial charge in [-0.05, 0) is 91.0 Å². The molecule has 1 fully saturated rings. The summed E-state index contributed by atoms with van der Waals surface area (Å²) in [6.07, 6.45) is 12.8. The van der Waals surface area contributed by atoms with E-state index in [9.17, 15) is 4.39 Å². The van der Waals surface area contributed by atoms with E-state index in [2.05, 4.69) is 55.1 Å². The van der Waals surface area contributed by atoms with Gasteiger partial charge in [0, 0.05) is 5.39 Å². The lowest BCUT2D eigenvalue weighted by atomic mass is 9.78. The molecule has 1 heteroatoms.